The van der Waals surface area contributed by atoms with E-state index in [0.717, 1.165) is 0 Å². The second-order valence-corrected chi connectivity index (χ2v) is 6.59. The van der Waals surface area contributed by atoms with Crippen LogP contribution in [0.3, 0.4) is 0 Å². The fourth-order valence-electron chi connectivity index (χ4n) is 3.11. The topological polar surface area (TPSA) is 124 Å². The summed E-state index contributed by atoms with van der Waals surface area (Å²) in [5.74, 6) is -4.32. The molecule has 0 saturated heterocycles. The quantitative estimate of drug-likeness (QED) is 0.445. The highest BCUT2D eigenvalue weighted by atomic mass is 16.6. The molecule has 0 amide bonds. The van der Waals surface area contributed by atoms with E-state index in [2.05, 4.69) is 4.74 Å². The molecule has 0 bridgehead atoms. The van der Waals surface area contributed by atoms with Gasteiger partial charge in [0.1, 0.15) is 0 Å². The van der Waals surface area contributed by atoms with Crippen LogP contribution in [0.2, 0.25) is 0 Å². The SMILES string of the molecule is CC/C=C/C1=C(C[C@@H](CC)CC2=C(CCC(=O)O)C(=O)OC2=O)C(=O)OC1=O. The second-order valence-electron chi connectivity index (χ2n) is 6.59. The molecule has 2 aliphatic heterocycles. The molecule has 28 heavy (non-hydrogen) atoms. The van der Waals surface area contributed by atoms with Crippen LogP contribution in [0.1, 0.15) is 52.4 Å². The maximum absolute atomic E-state index is 12.0. The van der Waals surface area contributed by atoms with E-state index in [-0.39, 0.29) is 53.9 Å². The lowest BCUT2D eigenvalue weighted by Gasteiger charge is -2.15. The molecule has 0 spiro atoms. The monoisotopic (exact) mass is 390 g/mol. The summed E-state index contributed by atoms with van der Waals surface area (Å²) < 4.78 is 9.33. The Bertz CT molecular complexity index is 812. The van der Waals surface area contributed by atoms with Gasteiger partial charge in [0.05, 0.1) is 11.1 Å². The smallest absolute Gasteiger partial charge is 0.346 e. The number of carboxylic acid groups (broad SMARTS) is 1. The molecule has 2 heterocycles. The van der Waals surface area contributed by atoms with Gasteiger partial charge in [-0.1, -0.05) is 32.4 Å². The van der Waals surface area contributed by atoms with Crippen LogP contribution in [0, 0.1) is 5.92 Å². The highest BCUT2D eigenvalue weighted by Crippen LogP contribution is 2.33. The zero-order valence-electron chi connectivity index (χ0n) is 15.8. The first kappa shape index (κ1) is 21.3. The number of aliphatic carboxylic acids is 1. The molecule has 0 aromatic heterocycles. The third-order valence-corrected chi connectivity index (χ3v) is 4.69. The molecule has 0 unspecified atom stereocenters. The largest absolute Gasteiger partial charge is 0.481 e. The first-order valence-electron chi connectivity index (χ1n) is 9.14. The van der Waals surface area contributed by atoms with Gasteiger partial charge >= 0.3 is 29.8 Å². The molecule has 0 fully saturated rings. The molecule has 0 aromatic carbocycles. The van der Waals surface area contributed by atoms with E-state index < -0.39 is 29.8 Å². The van der Waals surface area contributed by atoms with Gasteiger partial charge in [-0.25, -0.2) is 19.2 Å². The molecule has 2 rings (SSSR count). The Morgan fingerprint density at radius 2 is 1.50 bits per heavy atom. The first-order valence-corrected chi connectivity index (χ1v) is 9.14. The van der Waals surface area contributed by atoms with E-state index in [1.165, 1.54) is 0 Å². The van der Waals surface area contributed by atoms with Gasteiger partial charge in [0.2, 0.25) is 0 Å². The van der Waals surface area contributed by atoms with Gasteiger partial charge in [0.15, 0.2) is 0 Å². The second kappa shape index (κ2) is 9.25. The summed E-state index contributed by atoms with van der Waals surface area (Å²) >= 11 is 0. The van der Waals surface area contributed by atoms with E-state index in [1.807, 2.05) is 13.8 Å². The van der Waals surface area contributed by atoms with Crippen LogP contribution in [0.15, 0.2) is 34.4 Å². The highest BCUT2D eigenvalue weighted by Gasteiger charge is 2.36. The van der Waals surface area contributed by atoms with E-state index in [0.29, 0.717) is 12.8 Å². The summed E-state index contributed by atoms with van der Waals surface area (Å²) in [5.41, 5.74) is 0.653. The number of ether oxygens (including phenoxy) is 2. The maximum Gasteiger partial charge on any atom is 0.346 e. The third-order valence-electron chi connectivity index (χ3n) is 4.69. The number of allylic oxidation sites excluding steroid dienone is 1. The fourth-order valence-corrected chi connectivity index (χ4v) is 3.11. The van der Waals surface area contributed by atoms with Crippen LogP contribution >= 0.6 is 0 Å². The predicted octanol–water partition coefficient (Wildman–Crippen LogP) is 2.38. The summed E-state index contributed by atoms with van der Waals surface area (Å²) in [6.45, 7) is 3.75. The van der Waals surface area contributed by atoms with Crippen molar-refractivity contribution in [2.24, 2.45) is 5.92 Å². The maximum atomic E-state index is 12.0. The van der Waals surface area contributed by atoms with E-state index in [9.17, 15) is 24.0 Å². The Morgan fingerprint density at radius 3 is 2.11 bits per heavy atom. The normalized spacial score (nSPS) is 18.4. The number of carbonyl (C=O) groups is 5. The van der Waals surface area contributed by atoms with E-state index >= 15 is 0 Å². The van der Waals surface area contributed by atoms with Gasteiger partial charge in [0, 0.05) is 17.6 Å². The van der Waals surface area contributed by atoms with Gasteiger partial charge in [-0.2, -0.15) is 0 Å². The number of cyclic esters (lactones) is 4. The molecule has 0 aromatic rings. The van der Waals surface area contributed by atoms with Crippen LogP contribution in [0.5, 0.6) is 0 Å². The average Bonchev–Trinajstić information content (AvgIpc) is 3.05. The van der Waals surface area contributed by atoms with E-state index in [4.69, 9.17) is 9.84 Å². The Morgan fingerprint density at radius 1 is 0.929 bits per heavy atom. The zero-order valence-corrected chi connectivity index (χ0v) is 15.8. The summed E-state index contributed by atoms with van der Waals surface area (Å²) in [7, 11) is 0. The van der Waals surface area contributed by atoms with Crippen LogP contribution in [-0.2, 0) is 33.4 Å². The van der Waals surface area contributed by atoms with Crippen molar-refractivity contribution < 1.29 is 38.6 Å². The first-order chi connectivity index (χ1) is 13.3. The van der Waals surface area contributed by atoms with Crippen molar-refractivity contribution in [1.29, 1.82) is 0 Å². The van der Waals surface area contributed by atoms with Gasteiger partial charge in [-0.15, -0.1) is 0 Å². The lowest BCUT2D eigenvalue weighted by atomic mass is 9.87. The molecule has 0 aliphatic carbocycles. The van der Waals surface area contributed by atoms with Crippen molar-refractivity contribution in [3.8, 4) is 0 Å². The predicted molar refractivity (Wildman–Crippen MR) is 95.6 cm³/mol. The standard InChI is InChI=1S/C20H22O8/c1-3-5-6-12-14(19(25)27-17(12)23)9-11(4-2)10-15-13(7-8-16(21)22)18(24)28-20(15)26/h5-6,11H,3-4,7-10H2,1-2H3,(H,21,22)/b6-5+/t11-/m1/s1. The van der Waals surface area contributed by atoms with Crippen LogP contribution in [0.4, 0.5) is 0 Å². The summed E-state index contributed by atoms with van der Waals surface area (Å²) in [6.07, 6.45) is 4.49. The summed E-state index contributed by atoms with van der Waals surface area (Å²) in [4.78, 5) is 58.6. The summed E-state index contributed by atoms with van der Waals surface area (Å²) in [5, 5.41) is 8.83. The minimum atomic E-state index is -1.09. The lowest BCUT2D eigenvalue weighted by molar-refractivity contribution is -0.152. The number of hydrogen-bond acceptors (Lipinski definition) is 7. The van der Waals surface area contributed by atoms with E-state index in [1.54, 1.807) is 12.2 Å². The molecule has 150 valence electrons. The van der Waals surface area contributed by atoms with Gasteiger partial charge < -0.3 is 14.6 Å². The minimum absolute atomic E-state index is 0.0657. The molecule has 0 saturated carbocycles. The molecule has 0 radical (unpaired) electrons. The molecule has 2 aliphatic rings. The average molecular weight is 390 g/mol. The van der Waals surface area contributed by atoms with Crippen molar-refractivity contribution >= 4 is 29.8 Å². The Kier molecular flexibility index (Phi) is 7.03. The number of esters is 4. The molecule has 1 N–H and O–H groups in total. The fraction of sp³-hybridized carbons (Fsp3) is 0.450. The Hall–Kier alpha value is -3.03. The number of carbonyl (C=O) groups excluding carboxylic acids is 4. The van der Waals surface area contributed by atoms with Crippen molar-refractivity contribution in [2.45, 2.75) is 52.4 Å². The number of carboxylic acids is 1. The molecule has 1 atom stereocenters. The highest BCUT2D eigenvalue weighted by molar-refractivity contribution is 6.14. The molecule has 8 nitrogen and oxygen atoms in total. The Balaban J connectivity index is 2.26. The van der Waals surface area contributed by atoms with Crippen molar-refractivity contribution in [3.63, 3.8) is 0 Å². The third kappa shape index (κ3) is 4.82. The molecule has 8 heteroatoms. The minimum Gasteiger partial charge on any atom is -0.481 e. The van der Waals surface area contributed by atoms with Gasteiger partial charge in [-0.3, -0.25) is 4.79 Å². The van der Waals surface area contributed by atoms with Crippen LogP contribution in [0.25, 0.3) is 0 Å². The van der Waals surface area contributed by atoms with Gasteiger partial charge in [0.25, 0.3) is 0 Å². The zero-order chi connectivity index (χ0) is 20.8. The van der Waals surface area contributed by atoms with Crippen LogP contribution in [-0.4, -0.2) is 35.0 Å². The number of hydrogen-bond donors (Lipinski definition) is 1. The van der Waals surface area contributed by atoms with Crippen molar-refractivity contribution in [1.82, 2.24) is 0 Å². The molecular formula is C20H22O8. The van der Waals surface area contributed by atoms with Crippen LogP contribution < -0.4 is 0 Å². The lowest BCUT2D eigenvalue weighted by Crippen LogP contribution is -2.11. The molecular weight excluding hydrogens is 368 g/mol. The number of rotatable bonds is 10. The van der Waals surface area contributed by atoms with Crippen molar-refractivity contribution in [3.05, 3.63) is 34.4 Å². The summed E-state index contributed by atoms with van der Waals surface area (Å²) in [6, 6.07) is 0. The Labute approximate surface area is 161 Å². The van der Waals surface area contributed by atoms with Gasteiger partial charge in [-0.05, 0) is 31.6 Å². The van der Waals surface area contributed by atoms with Crippen molar-refractivity contribution in [2.75, 3.05) is 0 Å².